The van der Waals surface area contributed by atoms with Gasteiger partial charge in [-0.05, 0) is 54.6 Å². The fraction of sp³-hybridized carbons (Fsp3) is 0. The van der Waals surface area contributed by atoms with Crippen molar-refractivity contribution < 1.29 is 4.79 Å². The number of halogens is 2. The van der Waals surface area contributed by atoms with E-state index in [1.807, 2.05) is 84.9 Å². The van der Waals surface area contributed by atoms with Gasteiger partial charge in [-0.1, -0.05) is 103 Å². The molecule has 4 aromatic rings. The Morgan fingerprint density at radius 3 is 1.38 bits per heavy atom. The number of hydrogen-bond acceptors (Lipinski definition) is 1. The fourth-order valence-corrected chi connectivity index (χ4v) is 5.05. The molecule has 0 aromatic heterocycles. The molecule has 0 spiro atoms. The average Bonchev–Trinajstić information content (AvgIpc) is 3.15. The van der Waals surface area contributed by atoms with Crippen molar-refractivity contribution in [1.82, 2.24) is 0 Å². The van der Waals surface area contributed by atoms with E-state index in [-0.39, 0.29) is 5.78 Å². The Bertz CT molecular complexity index is 1370. The van der Waals surface area contributed by atoms with Crippen LogP contribution in [0.1, 0.15) is 22.3 Å². The molecule has 0 unspecified atom stereocenters. The number of hydrogen-bond donors (Lipinski definition) is 0. The molecule has 0 amide bonds. The van der Waals surface area contributed by atoms with Crippen molar-refractivity contribution in [2.24, 2.45) is 0 Å². The third-order valence-electron chi connectivity index (χ3n) is 5.61. The molecule has 0 aliphatic heterocycles. The summed E-state index contributed by atoms with van der Waals surface area (Å²) < 4.78 is 1.79. The van der Waals surface area contributed by atoms with Crippen LogP contribution in [0.25, 0.3) is 22.3 Å². The summed E-state index contributed by atoms with van der Waals surface area (Å²) in [5.74, 6) is 0.0349. The Morgan fingerprint density at radius 2 is 0.875 bits per heavy atom. The van der Waals surface area contributed by atoms with Crippen LogP contribution in [0.4, 0.5) is 0 Å². The van der Waals surface area contributed by atoms with Gasteiger partial charge < -0.3 is 0 Å². The first-order valence-corrected chi connectivity index (χ1v) is 11.9. The second-order valence-corrected chi connectivity index (χ2v) is 9.18. The molecule has 0 heterocycles. The highest BCUT2D eigenvalue weighted by Gasteiger charge is 2.36. The van der Waals surface area contributed by atoms with Gasteiger partial charge in [-0.25, -0.2) is 0 Å². The van der Waals surface area contributed by atoms with Gasteiger partial charge in [0.15, 0.2) is 5.78 Å². The molecule has 0 N–H and O–H groups in total. The zero-order valence-corrected chi connectivity index (χ0v) is 20.2. The van der Waals surface area contributed by atoms with Crippen molar-refractivity contribution in [2.45, 2.75) is 0 Å². The van der Waals surface area contributed by atoms with E-state index >= 15 is 0 Å². The Labute approximate surface area is 204 Å². The summed E-state index contributed by atoms with van der Waals surface area (Å²) in [6.07, 6.45) is 0. The third kappa shape index (κ3) is 3.62. The predicted octanol–water partition coefficient (Wildman–Crippen LogP) is 8.32. The summed E-state index contributed by atoms with van der Waals surface area (Å²) in [6.45, 7) is 0. The van der Waals surface area contributed by atoms with E-state index in [1.165, 1.54) is 0 Å². The van der Waals surface area contributed by atoms with Crippen molar-refractivity contribution in [3.8, 4) is 0 Å². The Hall–Kier alpha value is -3.01. The van der Waals surface area contributed by atoms with Gasteiger partial charge in [0.05, 0.1) is 0 Å². The minimum atomic E-state index is 0.0349. The van der Waals surface area contributed by atoms with Crippen molar-refractivity contribution in [2.75, 3.05) is 0 Å². The second kappa shape index (κ2) is 8.85. The number of carbonyl (C=O) groups excluding carboxylic acids is 1. The van der Waals surface area contributed by atoms with Crippen LogP contribution in [0.15, 0.2) is 118 Å². The highest BCUT2D eigenvalue weighted by molar-refractivity contribution is 9.13. The number of Topliss-reactive ketones (excluding diaryl/α,β-unsaturated/α-hetero) is 1. The monoisotopic (exact) mass is 540 g/mol. The number of rotatable bonds is 4. The second-order valence-electron chi connectivity index (χ2n) is 7.53. The van der Waals surface area contributed by atoms with Gasteiger partial charge in [0.25, 0.3) is 0 Å². The molecule has 0 radical (unpaired) electrons. The summed E-state index contributed by atoms with van der Waals surface area (Å²) in [5.41, 5.74) is 7.22. The lowest BCUT2D eigenvalue weighted by atomic mass is 9.89. The number of carbonyl (C=O) groups is 1. The first-order chi connectivity index (χ1) is 15.7. The smallest absolute Gasteiger partial charge is 0.195 e. The summed E-state index contributed by atoms with van der Waals surface area (Å²) in [7, 11) is 0. The Kier molecular flexibility index (Phi) is 5.77. The number of allylic oxidation sites excluding steroid dienone is 4. The van der Waals surface area contributed by atoms with Crippen molar-refractivity contribution in [3.63, 3.8) is 0 Å². The zero-order chi connectivity index (χ0) is 22.1. The average molecular weight is 542 g/mol. The largest absolute Gasteiger partial charge is 0.289 e. The normalized spacial score (nSPS) is 13.8. The zero-order valence-electron chi connectivity index (χ0n) is 17.1. The Morgan fingerprint density at radius 1 is 0.438 bits per heavy atom. The topological polar surface area (TPSA) is 17.1 Å². The first kappa shape index (κ1) is 20.9. The molecule has 5 rings (SSSR count). The van der Waals surface area contributed by atoms with Crippen molar-refractivity contribution in [1.29, 1.82) is 0 Å². The third-order valence-corrected chi connectivity index (χ3v) is 7.66. The molecule has 1 aliphatic carbocycles. The predicted molar refractivity (Wildman–Crippen MR) is 140 cm³/mol. The van der Waals surface area contributed by atoms with Gasteiger partial charge >= 0.3 is 0 Å². The van der Waals surface area contributed by atoms with E-state index in [0.717, 1.165) is 47.9 Å². The van der Waals surface area contributed by atoms with Crippen LogP contribution >= 0.6 is 31.9 Å². The van der Waals surface area contributed by atoms with Gasteiger partial charge in [0.1, 0.15) is 0 Å². The van der Waals surface area contributed by atoms with E-state index in [9.17, 15) is 4.79 Å². The summed E-state index contributed by atoms with van der Waals surface area (Å²) in [6, 6.07) is 36.3. The molecule has 3 heteroatoms. The van der Waals surface area contributed by atoms with Gasteiger partial charge in [-0.2, -0.15) is 0 Å². The van der Waals surface area contributed by atoms with Crippen LogP contribution in [0, 0.1) is 0 Å². The molecule has 4 aromatic carbocycles. The molecular weight excluding hydrogens is 524 g/mol. The van der Waals surface area contributed by atoms with E-state index in [1.54, 1.807) is 0 Å². The molecule has 0 saturated carbocycles. The molecule has 32 heavy (non-hydrogen) atoms. The maximum atomic E-state index is 14.2. The number of ketones is 1. The fourth-order valence-electron chi connectivity index (χ4n) is 4.22. The van der Waals surface area contributed by atoms with Gasteiger partial charge in [-0.15, -0.1) is 0 Å². The molecule has 0 bridgehead atoms. The SMILES string of the molecule is O=C1C(c2ccccc2)=C(c2ccccc2)C(c2ccccc2)=C1c1cccc(Br)c1Br. The highest BCUT2D eigenvalue weighted by Crippen LogP contribution is 2.51. The standard InChI is InChI=1S/C29H18Br2O/c30-23-18-10-17-22(28(23)31)27-25(20-13-6-2-7-14-20)24(19-11-4-1-5-12-19)26(29(27)32)21-15-8-3-9-16-21/h1-18H. The number of benzene rings is 4. The summed E-state index contributed by atoms with van der Waals surface area (Å²) in [5, 5.41) is 0. The van der Waals surface area contributed by atoms with Crippen LogP contribution in [0.5, 0.6) is 0 Å². The lowest BCUT2D eigenvalue weighted by Gasteiger charge is -2.14. The van der Waals surface area contributed by atoms with Crippen LogP contribution < -0.4 is 0 Å². The van der Waals surface area contributed by atoms with Crippen molar-refractivity contribution >= 4 is 59.9 Å². The van der Waals surface area contributed by atoms with Crippen LogP contribution in [0.3, 0.4) is 0 Å². The minimum absolute atomic E-state index is 0.0349. The molecule has 1 nitrogen and oxygen atoms in total. The molecular formula is C29H18Br2O. The first-order valence-electron chi connectivity index (χ1n) is 10.3. The summed E-state index contributed by atoms with van der Waals surface area (Å²) in [4.78, 5) is 14.2. The Balaban J connectivity index is 1.90. The molecule has 154 valence electrons. The lowest BCUT2D eigenvalue weighted by molar-refractivity contribution is -0.108. The van der Waals surface area contributed by atoms with E-state index in [4.69, 9.17) is 0 Å². The van der Waals surface area contributed by atoms with E-state index < -0.39 is 0 Å². The van der Waals surface area contributed by atoms with Gasteiger partial charge in [0.2, 0.25) is 0 Å². The lowest BCUT2D eigenvalue weighted by Crippen LogP contribution is -2.02. The van der Waals surface area contributed by atoms with Gasteiger partial charge in [-0.3, -0.25) is 4.79 Å². The van der Waals surface area contributed by atoms with Crippen LogP contribution in [-0.2, 0) is 4.79 Å². The van der Waals surface area contributed by atoms with Gasteiger partial charge in [0, 0.05) is 36.8 Å². The molecule has 0 saturated heterocycles. The quantitative estimate of drug-likeness (QED) is 0.254. The maximum Gasteiger partial charge on any atom is 0.195 e. The van der Waals surface area contributed by atoms with Crippen molar-refractivity contribution in [3.05, 3.63) is 140 Å². The highest BCUT2D eigenvalue weighted by atomic mass is 79.9. The van der Waals surface area contributed by atoms with E-state index in [2.05, 4.69) is 56.1 Å². The molecule has 1 aliphatic rings. The van der Waals surface area contributed by atoms with E-state index in [0.29, 0.717) is 5.57 Å². The van der Waals surface area contributed by atoms with Crippen LogP contribution in [-0.4, -0.2) is 5.78 Å². The van der Waals surface area contributed by atoms with Crippen LogP contribution in [0.2, 0.25) is 0 Å². The maximum absolute atomic E-state index is 14.2. The molecule has 0 fully saturated rings. The summed E-state index contributed by atoms with van der Waals surface area (Å²) >= 11 is 7.33. The minimum Gasteiger partial charge on any atom is -0.289 e. The molecule has 0 atom stereocenters.